The fraction of sp³-hybridized carbons (Fsp3) is 0.529. The van der Waals surface area contributed by atoms with Gasteiger partial charge in [0.05, 0.1) is 0 Å². The van der Waals surface area contributed by atoms with Crippen LogP contribution in [0, 0.1) is 5.92 Å². The third-order valence-corrected chi connectivity index (χ3v) is 4.47. The molecule has 1 amide bonds. The molecule has 0 spiro atoms. The van der Waals surface area contributed by atoms with Crippen LogP contribution in [0.15, 0.2) is 24.3 Å². The molecule has 1 saturated heterocycles. The zero-order valence-corrected chi connectivity index (χ0v) is 13.5. The van der Waals surface area contributed by atoms with E-state index >= 15 is 0 Å². The van der Waals surface area contributed by atoms with E-state index in [-0.39, 0.29) is 5.91 Å². The number of hydrogen-bond acceptors (Lipinski definition) is 2. The fourth-order valence-corrected chi connectivity index (χ4v) is 3.09. The Balaban J connectivity index is 1.97. The highest BCUT2D eigenvalue weighted by atomic mass is 32.1. The monoisotopic (exact) mass is 304 g/mol. The second-order valence-electron chi connectivity index (χ2n) is 5.86. The van der Waals surface area contributed by atoms with Crippen LogP contribution in [0.2, 0.25) is 0 Å². The van der Waals surface area contributed by atoms with E-state index in [1.165, 1.54) is 12.8 Å². The number of benzene rings is 1. The third-order valence-electron chi connectivity index (χ3n) is 4.24. The molecule has 0 aromatic heterocycles. The lowest BCUT2D eigenvalue weighted by Gasteiger charge is -2.21. The van der Waals surface area contributed by atoms with E-state index in [0.29, 0.717) is 23.9 Å². The van der Waals surface area contributed by atoms with E-state index in [4.69, 9.17) is 18.0 Å². The quantitative estimate of drug-likeness (QED) is 0.849. The van der Waals surface area contributed by atoms with Gasteiger partial charge < -0.3 is 10.6 Å². The molecule has 0 aliphatic carbocycles. The van der Waals surface area contributed by atoms with E-state index in [1.807, 2.05) is 29.2 Å². The summed E-state index contributed by atoms with van der Waals surface area (Å²) in [4.78, 5) is 14.6. The highest BCUT2D eigenvalue weighted by Gasteiger charge is 2.21. The SMILES string of the molecule is CCCC1CCC(=O)N(Cc2ccc(C(N)=S)cc2)CC1. The second kappa shape index (κ2) is 7.55. The highest BCUT2D eigenvalue weighted by molar-refractivity contribution is 7.80. The zero-order valence-electron chi connectivity index (χ0n) is 12.7. The summed E-state index contributed by atoms with van der Waals surface area (Å²) < 4.78 is 0. The standard InChI is InChI=1S/C17H24N2OS/c1-2-3-13-6-9-16(20)19(11-10-13)12-14-4-7-15(8-5-14)17(18)21/h4-5,7-8,13H,2-3,6,9-12H2,1H3,(H2,18,21). The first-order chi connectivity index (χ1) is 10.1. The van der Waals surface area contributed by atoms with Crippen molar-refractivity contribution in [1.29, 1.82) is 0 Å². The lowest BCUT2D eigenvalue weighted by Crippen LogP contribution is -2.29. The van der Waals surface area contributed by atoms with Crippen LogP contribution in [0.1, 0.15) is 50.2 Å². The van der Waals surface area contributed by atoms with E-state index in [0.717, 1.165) is 30.5 Å². The Morgan fingerprint density at radius 2 is 2.05 bits per heavy atom. The van der Waals surface area contributed by atoms with Gasteiger partial charge in [0.2, 0.25) is 5.91 Å². The van der Waals surface area contributed by atoms with Gasteiger partial charge in [-0.15, -0.1) is 0 Å². The molecule has 1 aromatic rings. The van der Waals surface area contributed by atoms with Crippen LogP contribution in [0.5, 0.6) is 0 Å². The number of nitrogens with zero attached hydrogens (tertiary/aromatic N) is 1. The minimum atomic E-state index is 0.284. The number of likely N-dealkylation sites (tertiary alicyclic amines) is 1. The molecule has 1 atom stereocenters. The summed E-state index contributed by atoms with van der Waals surface area (Å²) in [6.45, 7) is 3.78. The molecule has 4 heteroatoms. The van der Waals surface area contributed by atoms with Crippen LogP contribution in [-0.4, -0.2) is 22.3 Å². The van der Waals surface area contributed by atoms with Crippen molar-refractivity contribution in [3.05, 3.63) is 35.4 Å². The summed E-state index contributed by atoms with van der Waals surface area (Å²) in [6.07, 6.45) is 5.31. The predicted octanol–water partition coefficient (Wildman–Crippen LogP) is 3.25. The molecule has 1 aromatic carbocycles. The Labute approximate surface area is 132 Å². The molecule has 1 heterocycles. The van der Waals surface area contributed by atoms with Gasteiger partial charge >= 0.3 is 0 Å². The average Bonchev–Trinajstić information content (AvgIpc) is 2.64. The minimum absolute atomic E-state index is 0.284. The van der Waals surface area contributed by atoms with Crippen molar-refractivity contribution >= 4 is 23.1 Å². The molecule has 2 N–H and O–H groups in total. The first-order valence-corrected chi connectivity index (χ1v) is 8.17. The van der Waals surface area contributed by atoms with Crippen molar-refractivity contribution in [2.75, 3.05) is 6.54 Å². The third kappa shape index (κ3) is 4.53. The largest absolute Gasteiger partial charge is 0.389 e. The minimum Gasteiger partial charge on any atom is -0.389 e. The number of carbonyl (C=O) groups is 1. The summed E-state index contributed by atoms with van der Waals surface area (Å²) in [5.74, 6) is 0.993. The summed E-state index contributed by atoms with van der Waals surface area (Å²) in [5, 5.41) is 0. The average molecular weight is 304 g/mol. The summed E-state index contributed by atoms with van der Waals surface area (Å²) in [5.41, 5.74) is 7.61. The molecular weight excluding hydrogens is 280 g/mol. The number of carbonyl (C=O) groups excluding carboxylic acids is 1. The zero-order chi connectivity index (χ0) is 15.2. The molecule has 1 unspecified atom stereocenters. The molecule has 2 rings (SSSR count). The van der Waals surface area contributed by atoms with E-state index in [9.17, 15) is 4.79 Å². The number of hydrogen-bond donors (Lipinski definition) is 1. The van der Waals surface area contributed by atoms with Crippen LogP contribution in [0.25, 0.3) is 0 Å². The van der Waals surface area contributed by atoms with Crippen molar-refractivity contribution in [3.63, 3.8) is 0 Å². The van der Waals surface area contributed by atoms with E-state index in [2.05, 4.69) is 6.92 Å². The molecule has 21 heavy (non-hydrogen) atoms. The summed E-state index contributed by atoms with van der Waals surface area (Å²) in [6, 6.07) is 7.88. The van der Waals surface area contributed by atoms with Gasteiger partial charge in [0.1, 0.15) is 4.99 Å². The van der Waals surface area contributed by atoms with Crippen LogP contribution in [0.4, 0.5) is 0 Å². The molecule has 0 saturated carbocycles. The number of amides is 1. The topological polar surface area (TPSA) is 46.3 Å². The van der Waals surface area contributed by atoms with Gasteiger partial charge in [-0.25, -0.2) is 0 Å². The predicted molar refractivity (Wildman–Crippen MR) is 90.0 cm³/mol. The Bertz CT molecular complexity index is 498. The first kappa shape index (κ1) is 16.0. The molecule has 114 valence electrons. The lowest BCUT2D eigenvalue weighted by atomic mass is 9.96. The van der Waals surface area contributed by atoms with Crippen LogP contribution in [-0.2, 0) is 11.3 Å². The van der Waals surface area contributed by atoms with Crippen molar-refractivity contribution in [2.24, 2.45) is 11.7 Å². The summed E-state index contributed by atoms with van der Waals surface area (Å²) >= 11 is 4.95. The van der Waals surface area contributed by atoms with Crippen molar-refractivity contribution in [1.82, 2.24) is 4.90 Å². The molecule has 0 radical (unpaired) electrons. The van der Waals surface area contributed by atoms with Gasteiger partial charge in [-0.2, -0.15) is 0 Å². The Morgan fingerprint density at radius 3 is 2.67 bits per heavy atom. The first-order valence-electron chi connectivity index (χ1n) is 7.76. The fourth-order valence-electron chi connectivity index (χ4n) is 2.95. The maximum absolute atomic E-state index is 12.2. The van der Waals surface area contributed by atoms with Gasteiger partial charge in [-0.05, 0) is 24.3 Å². The normalized spacial score (nSPS) is 19.4. The Hall–Kier alpha value is -1.42. The van der Waals surface area contributed by atoms with Crippen LogP contribution in [0.3, 0.4) is 0 Å². The smallest absolute Gasteiger partial charge is 0.222 e. The van der Waals surface area contributed by atoms with Gasteiger partial charge in [-0.1, -0.05) is 56.2 Å². The van der Waals surface area contributed by atoms with Gasteiger partial charge in [0.25, 0.3) is 0 Å². The molecule has 1 fully saturated rings. The Morgan fingerprint density at radius 1 is 1.33 bits per heavy atom. The Kier molecular flexibility index (Phi) is 5.74. The second-order valence-corrected chi connectivity index (χ2v) is 6.30. The maximum atomic E-state index is 12.2. The number of nitrogens with two attached hydrogens (primary N) is 1. The van der Waals surface area contributed by atoms with E-state index < -0.39 is 0 Å². The molecule has 1 aliphatic rings. The lowest BCUT2D eigenvalue weighted by molar-refractivity contribution is -0.131. The van der Waals surface area contributed by atoms with Gasteiger partial charge in [0, 0.05) is 25.1 Å². The van der Waals surface area contributed by atoms with Gasteiger partial charge in [-0.3, -0.25) is 4.79 Å². The maximum Gasteiger partial charge on any atom is 0.222 e. The van der Waals surface area contributed by atoms with Gasteiger partial charge in [0.15, 0.2) is 0 Å². The highest BCUT2D eigenvalue weighted by Crippen LogP contribution is 2.23. The van der Waals surface area contributed by atoms with Crippen molar-refractivity contribution in [3.8, 4) is 0 Å². The molecular formula is C17H24N2OS. The van der Waals surface area contributed by atoms with Crippen molar-refractivity contribution < 1.29 is 4.79 Å². The molecule has 0 bridgehead atoms. The molecule has 3 nitrogen and oxygen atoms in total. The van der Waals surface area contributed by atoms with Crippen LogP contribution < -0.4 is 5.73 Å². The van der Waals surface area contributed by atoms with E-state index in [1.54, 1.807) is 0 Å². The summed E-state index contributed by atoms with van der Waals surface area (Å²) in [7, 11) is 0. The molecule has 1 aliphatic heterocycles. The number of thiocarbonyl (C=S) groups is 1. The number of rotatable bonds is 5. The van der Waals surface area contributed by atoms with Crippen molar-refractivity contribution in [2.45, 2.75) is 45.6 Å². The van der Waals surface area contributed by atoms with Crippen LogP contribution >= 0.6 is 12.2 Å².